The van der Waals surface area contributed by atoms with Gasteiger partial charge in [0, 0.05) is 12.5 Å². The number of carboxylic acids is 1. The van der Waals surface area contributed by atoms with Crippen molar-refractivity contribution >= 4 is 11.8 Å². The molecule has 0 radical (unpaired) electrons. The molecule has 0 aromatic heterocycles. The molecule has 1 aromatic rings. The largest absolute Gasteiger partial charge is 0.481 e. The molecule has 0 unspecified atom stereocenters. The normalized spacial score (nSPS) is 8.43. The highest BCUT2D eigenvalue weighted by Crippen LogP contribution is 2.01. The van der Waals surface area contributed by atoms with Gasteiger partial charge in [-0.1, -0.05) is 12.1 Å². The summed E-state index contributed by atoms with van der Waals surface area (Å²) in [7, 11) is 0. The molecular formula is C9H11FN2O2. The van der Waals surface area contributed by atoms with E-state index in [1.807, 2.05) is 0 Å². The van der Waals surface area contributed by atoms with Crippen molar-refractivity contribution in [1.82, 2.24) is 0 Å². The Kier molecular flexibility index (Phi) is 4.91. The van der Waals surface area contributed by atoms with Crippen molar-refractivity contribution in [2.24, 2.45) is 5.73 Å². The Morgan fingerprint density at radius 3 is 2.36 bits per heavy atom. The van der Waals surface area contributed by atoms with E-state index in [0.29, 0.717) is 5.56 Å². The molecule has 0 aliphatic carbocycles. The first-order valence-corrected chi connectivity index (χ1v) is 3.73. The predicted molar refractivity (Wildman–Crippen MR) is 50.7 cm³/mol. The first kappa shape index (κ1) is 12.1. The summed E-state index contributed by atoms with van der Waals surface area (Å²) in [5, 5.41) is 14.4. The van der Waals surface area contributed by atoms with Gasteiger partial charge in [-0.2, -0.15) is 0 Å². The summed E-state index contributed by atoms with van der Waals surface area (Å²) in [6, 6.07) is 5.65. The lowest BCUT2D eigenvalue weighted by molar-refractivity contribution is -0.134. The maximum atomic E-state index is 12.4. The molecule has 5 heteroatoms. The van der Waals surface area contributed by atoms with E-state index in [9.17, 15) is 4.39 Å². The average Bonchev–Trinajstić information content (AvgIpc) is 2.03. The van der Waals surface area contributed by atoms with E-state index in [1.165, 1.54) is 18.2 Å². The number of carboxylic acid groups (broad SMARTS) is 1. The Morgan fingerprint density at radius 1 is 1.57 bits per heavy atom. The van der Waals surface area contributed by atoms with Crippen LogP contribution in [0.1, 0.15) is 12.5 Å². The molecule has 0 atom stereocenters. The van der Waals surface area contributed by atoms with Crippen LogP contribution < -0.4 is 5.73 Å². The second-order valence-electron chi connectivity index (χ2n) is 2.44. The molecule has 0 saturated carbocycles. The van der Waals surface area contributed by atoms with Gasteiger partial charge in [0.05, 0.1) is 0 Å². The van der Waals surface area contributed by atoms with Gasteiger partial charge >= 0.3 is 0 Å². The molecule has 4 nitrogen and oxygen atoms in total. The molecule has 0 aliphatic heterocycles. The van der Waals surface area contributed by atoms with Gasteiger partial charge in [-0.3, -0.25) is 10.2 Å². The number of rotatable bonds is 1. The van der Waals surface area contributed by atoms with Gasteiger partial charge in [-0.05, 0) is 12.1 Å². The highest BCUT2D eigenvalue weighted by atomic mass is 19.1. The number of benzene rings is 1. The molecule has 76 valence electrons. The molecular weight excluding hydrogens is 187 g/mol. The van der Waals surface area contributed by atoms with E-state index in [2.05, 4.69) is 0 Å². The fourth-order valence-electron chi connectivity index (χ4n) is 0.656. The fraction of sp³-hybridized carbons (Fsp3) is 0.111. The van der Waals surface area contributed by atoms with Crippen LogP contribution in [0.15, 0.2) is 24.3 Å². The number of nitrogens with one attached hydrogen (secondary N) is 1. The van der Waals surface area contributed by atoms with E-state index in [0.717, 1.165) is 6.92 Å². The topological polar surface area (TPSA) is 87.2 Å². The Bertz CT molecular complexity index is 335. The van der Waals surface area contributed by atoms with E-state index < -0.39 is 5.97 Å². The third kappa shape index (κ3) is 5.70. The second-order valence-corrected chi connectivity index (χ2v) is 2.44. The Labute approximate surface area is 80.7 Å². The molecule has 0 spiro atoms. The van der Waals surface area contributed by atoms with Gasteiger partial charge in [0.1, 0.15) is 11.7 Å². The number of aliphatic carboxylic acids is 1. The fourth-order valence-corrected chi connectivity index (χ4v) is 0.656. The smallest absolute Gasteiger partial charge is 0.300 e. The summed E-state index contributed by atoms with van der Waals surface area (Å²) in [6.45, 7) is 1.08. The van der Waals surface area contributed by atoms with Crippen molar-refractivity contribution in [1.29, 1.82) is 5.41 Å². The van der Waals surface area contributed by atoms with Crippen LogP contribution in [0.5, 0.6) is 0 Å². The van der Waals surface area contributed by atoms with Crippen molar-refractivity contribution in [3.63, 3.8) is 0 Å². The predicted octanol–water partition coefficient (Wildman–Crippen LogP) is 1.20. The zero-order chi connectivity index (χ0) is 11.1. The summed E-state index contributed by atoms with van der Waals surface area (Å²) in [5.41, 5.74) is 5.52. The molecule has 0 amide bonds. The lowest BCUT2D eigenvalue weighted by Crippen LogP contribution is -2.10. The van der Waals surface area contributed by atoms with Crippen LogP contribution in [-0.4, -0.2) is 16.9 Å². The molecule has 14 heavy (non-hydrogen) atoms. The SMILES string of the molecule is CC(=O)O.N=C(N)c1cccc(F)c1. The first-order chi connectivity index (χ1) is 6.43. The molecule has 0 fully saturated rings. The molecule has 1 rings (SSSR count). The van der Waals surface area contributed by atoms with Crippen LogP contribution in [0.25, 0.3) is 0 Å². The third-order valence-corrected chi connectivity index (χ3v) is 1.14. The molecule has 0 heterocycles. The second kappa shape index (κ2) is 5.69. The number of nitrogen functional groups attached to an aromatic ring is 1. The van der Waals surface area contributed by atoms with Crippen LogP contribution in [0.2, 0.25) is 0 Å². The Balaban J connectivity index is 0.000000364. The lowest BCUT2D eigenvalue weighted by atomic mass is 10.2. The summed E-state index contributed by atoms with van der Waals surface area (Å²) < 4.78 is 12.4. The van der Waals surface area contributed by atoms with Crippen LogP contribution in [0.4, 0.5) is 4.39 Å². The summed E-state index contributed by atoms with van der Waals surface area (Å²) in [6.07, 6.45) is 0. The number of nitrogens with two attached hydrogens (primary N) is 1. The van der Waals surface area contributed by atoms with E-state index in [1.54, 1.807) is 6.07 Å². The third-order valence-electron chi connectivity index (χ3n) is 1.14. The number of hydrogen-bond acceptors (Lipinski definition) is 2. The van der Waals surface area contributed by atoms with Crippen LogP contribution in [0.3, 0.4) is 0 Å². The Hall–Kier alpha value is -1.91. The lowest BCUT2D eigenvalue weighted by Gasteiger charge is -1.95. The molecule has 1 aromatic carbocycles. The highest BCUT2D eigenvalue weighted by molar-refractivity contribution is 5.94. The monoisotopic (exact) mass is 198 g/mol. The maximum absolute atomic E-state index is 12.4. The van der Waals surface area contributed by atoms with Crippen LogP contribution >= 0.6 is 0 Å². The van der Waals surface area contributed by atoms with Crippen molar-refractivity contribution in [2.45, 2.75) is 6.92 Å². The average molecular weight is 198 g/mol. The minimum Gasteiger partial charge on any atom is -0.481 e. The van der Waals surface area contributed by atoms with Gasteiger partial charge < -0.3 is 10.8 Å². The standard InChI is InChI=1S/C7H7FN2.C2H4O2/c8-6-3-1-2-5(4-6)7(9)10;1-2(3)4/h1-4H,(H3,9,10);1H3,(H,3,4). The molecule has 4 N–H and O–H groups in total. The summed E-state index contributed by atoms with van der Waals surface area (Å²) in [4.78, 5) is 9.00. The maximum Gasteiger partial charge on any atom is 0.300 e. The van der Waals surface area contributed by atoms with E-state index >= 15 is 0 Å². The zero-order valence-corrected chi connectivity index (χ0v) is 7.62. The number of hydrogen-bond donors (Lipinski definition) is 3. The molecule has 0 bridgehead atoms. The van der Waals surface area contributed by atoms with Gasteiger partial charge in [-0.25, -0.2) is 4.39 Å². The van der Waals surface area contributed by atoms with Crippen LogP contribution in [-0.2, 0) is 4.79 Å². The number of halogens is 1. The summed E-state index contributed by atoms with van der Waals surface area (Å²) in [5.74, 6) is -1.31. The minimum atomic E-state index is -0.833. The van der Waals surface area contributed by atoms with E-state index in [4.69, 9.17) is 21.0 Å². The highest BCUT2D eigenvalue weighted by Gasteiger charge is 1.95. The van der Waals surface area contributed by atoms with Crippen LogP contribution in [0, 0.1) is 11.2 Å². The number of carbonyl (C=O) groups is 1. The van der Waals surface area contributed by atoms with Gasteiger partial charge in [-0.15, -0.1) is 0 Å². The minimum absolute atomic E-state index is 0.112. The Morgan fingerprint density at radius 2 is 2.07 bits per heavy atom. The zero-order valence-electron chi connectivity index (χ0n) is 7.62. The first-order valence-electron chi connectivity index (χ1n) is 3.73. The van der Waals surface area contributed by atoms with Crippen molar-refractivity contribution in [2.75, 3.05) is 0 Å². The molecule has 0 saturated heterocycles. The number of amidine groups is 1. The van der Waals surface area contributed by atoms with Gasteiger partial charge in [0.25, 0.3) is 5.97 Å². The van der Waals surface area contributed by atoms with Crippen molar-refractivity contribution in [3.8, 4) is 0 Å². The van der Waals surface area contributed by atoms with Crippen molar-refractivity contribution < 1.29 is 14.3 Å². The quantitative estimate of drug-likeness (QED) is 0.468. The van der Waals surface area contributed by atoms with Gasteiger partial charge in [0.15, 0.2) is 0 Å². The molecule has 0 aliphatic rings. The van der Waals surface area contributed by atoms with E-state index in [-0.39, 0.29) is 11.7 Å². The van der Waals surface area contributed by atoms with Crippen molar-refractivity contribution in [3.05, 3.63) is 35.6 Å². The summed E-state index contributed by atoms with van der Waals surface area (Å²) >= 11 is 0. The van der Waals surface area contributed by atoms with Gasteiger partial charge in [0.2, 0.25) is 0 Å².